The molecular formula is C22H26N2O4. The molecule has 0 spiro atoms. The third-order valence-electron chi connectivity index (χ3n) is 4.35. The maximum atomic E-state index is 12.5. The normalized spacial score (nSPS) is 14.2. The van der Waals surface area contributed by atoms with Crippen molar-refractivity contribution >= 4 is 17.8 Å². The Morgan fingerprint density at radius 3 is 2.36 bits per heavy atom. The highest BCUT2D eigenvalue weighted by molar-refractivity contribution is 6.00. The van der Waals surface area contributed by atoms with E-state index in [0.29, 0.717) is 36.2 Å². The largest absolute Gasteiger partial charge is 0.426 e. The molecule has 1 aliphatic rings. The fourth-order valence-corrected chi connectivity index (χ4v) is 2.71. The van der Waals surface area contributed by atoms with Crippen LogP contribution in [0.1, 0.15) is 39.2 Å². The summed E-state index contributed by atoms with van der Waals surface area (Å²) in [6, 6.07) is 9.88. The van der Waals surface area contributed by atoms with Gasteiger partial charge in [-0.2, -0.15) is 0 Å². The van der Waals surface area contributed by atoms with Gasteiger partial charge in [-0.15, -0.1) is 0 Å². The van der Waals surface area contributed by atoms with Crippen molar-refractivity contribution in [3.63, 3.8) is 0 Å². The fourth-order valence-electron chi connectivity index (χ4n) is 2.71. The molecule has 2 rings (SSSR count). The Kier molecular flexibility index (Phi) is 7.75. The van der Waals surface area contributed by atoms with Crippen LogP contribution < -0.4 is 10.6 Å². The Morgan fingerprint density at radius 1 is 1.00 bits per heavy atom. The molecule has 0 saturated heterocycles. The molecule has 0 radical (unpaired) electrons. The van der Waals surface area contributed by atoms with Gasteiger partial charge in [0.1, 0.15) is 5.76 Å². The van der Waals surface area contributed by atoms with E-state index in [1.165, 1.54) is 6.92 Å². The van der Waals surface area contributed by atoms with Crippen LogP contribution >= 0.6 is 0 Å². The van der Waals surface area contributed by atoms with Gasteiger partial charge in [-0.05, 0) is 44.7 Å². The van der Waals surface area contributed by atoms with Crippen LogP contribution in [0.4, 0.5) is 0 Å². The smallest absolute Gasteiger partial charge is 0.308 e. The SMILES string of the molecule is CC(=O)OC1=CCCC=C1C(=O)N/C(C)=C(/C)C(=O)NCCc1ccccc1. The molecule has 0 aromatic heterocycles. The van der Waals surface area contributed by atoms with Gasteiger partial charge in [0.15, 0.2) is 0 Å². The van der Waals surface area contributed by atoms with E-state index in [0.717, 1.165) is 12.0 Å². The first-order chi connectivity index (χ1) is 13.4. The lowest BCUT2D eigenvalue weighted by Crippen LogP contribution is -2.31. The molecule has 2 amide bonds. The summed E-state index contributed by atoms with van der Waals surface area (Å²) in [6.45, 7) is 5.13. The molecule has 28 heavy (non-hydrogen) atoms. The maximum absolute atomic E-state index is 12.5. The molecule has 2 N–H and O–H groups in total. The van der Waals surface area contributed by atoms with Crippen molar-refractivity contribution in [1.29, 1.82) is 0 Å². The number of ether oxygens (including phenoxy) is 1. The van der Waals surface area contributed by atoms with Crippen molar-refractivity contribution < 1.29 is 19.1 Å². The second-order valence-corrected chi connectivity index (χ2v) is 6.55. The van der Waals surface area contributed by atoms with E-state index in [2.05, 4.69) is 10.6 Å². The molecule has 0 aliphatic heterocycles. The Bertz CT molecular complexity index is 835. The standard InChI is InChI=1S/C22H26N2O4/c1-15(21(26)23-14-13-18-9-5-4-6-10-18)16(2)24-22(27)19-11-7-8-12-20(19)28-17(3)25/h4-6,9-12H,7-8,13-14H2,1-3H3,(H,23,26)(H,24,27)/b16-15-. The highest BCUT2D eigenvalue weighted by Gasteiger charge is 2.20. The van der Waals surface area contributed by atoms with E-state index in [1.54, 1.807) is 26.0 Å². The van der Waals surface area contributed by atoms with E-state index < -0.39 is 11.9 Å². The minimum Gasteiger partial charge on any atom is -0.426 e. The van der Waals surface area contributed by atoms with Gasteiger partial charge in [0.05, 0.1) is 5.57 Å². The molecule has 0 heterocycles. The van der Waals surface area contributed by atoms with Crippen LogP contribution in [0, 0.1) is 0 Å². The summed E-state index contributed by atoms with van der Waals surface area (Å²) >= 11 is 0. The van der Waals surface area contributed by atoms with Gasteiger partial charge in [-0.1, -0.05) is 36.4 Å². The van der Waals surface area contributed by atoms with E-state index in [1.807, 2.05) is 30.3 Å². The molecule has 148 valence electrons. The van der Waals surface area contributed by atoms with Crippen molar-refractivity contribution in [1.82, 2.24) is 10.6 Å². The van der Waals surface area contributed by atoms with E-state index in [9.17, 15) is 14.4 Å². The zero-order valence-corrected chi connectivity index (χ0v) is 16.5. The summed E-state index contributed by atoms with van der Waals surface area (Å²) in [7, 11) is 0. The summed E-state index contributed by atoms with van der Waals surface area (Å²) in [5, 5.41) is 5.58. The Labute approximate surface area is 165 Å². The lowest BCUT2D eigenvalue weighted by molar-refractivity contribution is -0.136. The van der Waals surface area contributed by atoms with Gasteiger partial charge >= 0.3 is 5.97 Å². The van der Waals surface area contributed by atoms with Crippen LogP contribution in [-0.2, 0) is 25.5 Å². The fraction of sp³-hybridized carbons (Fsp3) is 0.318. The summed E-state index contributed by atoms with van der Waals surface area (Å²) < 4.78 is 5.11. The Balaban J connectivity index is 1.94. The Hall–Kier alpha value is -3.15. The van der Waals surface area contributed by atoms with Gasteiger partial charge in [-0.3, -0.25) is 14.4 Å². The van der Waals surface area contributed by atoms with Crippen LogP contribution in [0.2, 0.25) is 0 Å². The van der Waals surface area contributed by atoms with E-state index >= 15 is 0 Å². The predicted octanol–water partition coefficient (Wildman–Crippen LogP) is 2.92. The molecule has 6 nitrogen and oxygen atoms in total. The van der Waals surface area contributed by atoms with Gasteiger partial charge in [0, 0.05) is 24.7 Å². The summed E-state index contributed by atoms with van der Waals surface area (Å²) in [5.74, 6) is -0.856. The third-order valence-corrected chi connectivity index (χ3v) is 4.35. The van der Waals surface area contributed by atoms with Gasteiger partial charge in [0.2, 0.25) is 5.91 Å². The number of allylic oxidation sites excluding steroid dienone is 3. The lowest BCUT2D eigenvalue weighted by Gasteiger charge is -2.16. The van der Waals surface area contributed by atoms with Crippen LogP contribution in [0.25, 0.3) is 0 Å². The van der Waals surface area contributed by atoms with Crippen molar-refractivity contribution in [2.24, 2.45) is 0 Å². The number of rotatable bonds is 7. The molecule has 0 fully saturated rings. The number of nitrogens with one attached hydrogen (secondary N) is 2. The molecule has 0 bridgehead atoms. The monoisotopic (exact) mass is 382 g/mol. The number of carbonyl (C=O) groups excluding carboxylic acids is 3. The molecule has 6 heteroatoms. The van der Waals surface area contributed by atoms with E-state index in [4.69, 9.17) is 4.74 Å². The quantitative estimate of drug-likeness (QED) is 0.561. The van der Waals surface area contributed by atoms with Crippen molar-refractivity contribution in [2.45, 2.75) is 40.0 Å². The van der Waals surface area contributed by atoms with Gasteiger partial charge < -0.3 is 15.4 Å². The first kappa shape index (κ1) is 21.2. The second kappa shape index (κ2) is 10.3. The minimum atomic E-state index is -0.479. The first-order valence-electron chi connectivity index (χ1n) is 9.28. The van der Waals surface area contributed by atoms with Crippen LogP contribution in [0.15, 0.2) is 65.1 Å². The van der Waals surface area contributed by atoms with Gasteiger partial charge in [0.25, 0.3) is 5.91 Å². The zero-order chi connectivity index (χ0) is 20.5. The van der Waals surface area contributed by atoms with Crippen molar-refractivity contribution in [2.75, 3.05) is 6.54 Å². The van der Waals surface area contributed by atoms with Crippen LogP contribution in [-0.4, -0.2) is 24.3 Å². The number of carbonyl (C=O) groups is 3. The molecule has 1 aromatic rings. The molecular weight excluding hydrogens is 356 g/mol. The second-order valence-electron chi connectivity index (χ2n) is 6.55. The third kappa shape index (κ3) is 6.23. The average Bonchev–Trinajstić information content (AvgIpc) is 2.68. The van der Waals surface area contributed by atoms with Crippen LogP contribution in [0.5, 0.6) is 0 Å². The minimum absolute atomic E-state index is 0.234. The molecule has 1 aliphatic carbocycles. The highest BCUT2D eigenvalue weighted by Crippen LogP contribution is 2.20. The van der Waals surface area contributed by atoms with Crippen molar-refractivity contribution in [3.05, 3.63) is 70.6 Å². The number of hydrogen-bond donors (Lipinski definition) is 2. The molecule has 0 unspecified atom stereocenters. The highest BCUT2D eigenvalue weighted by atomic mass is 16.5. The lowest BCUT2D eigenvalue weighted by atomic mass is 10.0. The summed E-state index contributed by atoms with van der Waals surface area (Å²) in [4.78, 5) is 36.1. The molecule has 0 saturated carbocycles. The maximum Gasteiger partial charge on any atom is 0.308 e. The number of amides is 2. The number of benzene rings is 1. The summed E-state index contributed by atoms with van der Waals surface area (Å²) in [6.07, 6.45) is 5.58. The molecule has 1 aromatic carbocycles. The molecule has 0 atom stereocenters. The van der Waals surface area contributed by atoms with Crippen molar-refractivity contribution in [3.8, 4) is 0 Å². The number of hydrogen-bond acceptors (Lipinski definition) is 4. The predicted molar refractivity (Wildman–Crippen MR) is 107 cm³/mol. The number of esters is 1. The average molecular weight is 382 g/mol. The van der Waals surface area contributed by atoms with Crippen LogP contribution in [0.3, 0.4) is 0 Å². The topological polar surface area (TPSA) is 84.5 Å². The Morgan fingerprint density at radius 2 is 1.68 bits per heavy atom. The first-order valence-corrected chi connectivity index (χ1v) is 9.28. The van der Waals surface area contributed by atoms with E-state index in [-0.39, 0.29) is 11.7 Å². The summed E-state index contributed by atoms with van der Waals surface area (Å²) in [5.41, 5.74) is 2.33. The zero-order valence-electron chi connectivity index (χ0n) is 16.5. The van der Waals surface area contributed by atoms with Gasteiger partial charge in [-0.25, -0.2) is 0 Å².